The van der Waals surface area contributed by atoms with Gasteiger partial charge in [-0.15, -0.1) is 0 Å². The van der Waals surface area contributed by atoms with Crippen LogP contribution in [0.2, 0.25) is 0 Å². The SMILES string of the molecule is CCCCCCCCCCCCCCC(=O)OC[C@H](COC(=O)CCCCCCCCC(C)C)OC(=O)CCCCCCCCCCCCCCCCC(C)CC. The van der Waals surface area contributed by atoms with Gasteiger partial charge in [0.15, 0.2) is 6.10 Å². The van der Waals surface area contributed by atoms with Gasteiger partial charge in [-0.3, -0.25) is 14.4 Å². The fraction of sp³-hybridized carbons (Fsp3) is 0.941. The highest BCUT2D eigenvalue weighted by Crippen LogP contribution is 2.18. The molecule has 1 unspecified atom stereocenters. The van der Waals surface area contributed by atoms with E-state index < -0.39 is 6.10 Å². The highest BCUT2D eigenvalue weighted by molar-refractivity contribution is 5.71. The van der Waals surface area contributed by atoms with Gasteiger partial charge in [0, 0.05) is 19.3 Å². The monoisotopic (exact) mass is 807 g/mol. The molecule has 0 aliphatic rings. The number of carbonyl (C=O) groups excluding carboxylic acids is 3. The van der Waals surface area contributed by atoms with Crippen LogP contribution in [0, 0.1) is 11.8 Å². The molecular weight excluding hydrogens is 709 g/mol. The minimum Gasteiger partial charge on any atom is -0.462 e. The van der Waals surface area contributed by atoms with E-state index in [1.54, 1.807) is 0 Å². The maximum atomic E-state index is 12.8. The fourth-order valence-corrected chi connectivity index (χ4v) is 7.60. The number of hydrogen-bond donors (Lipinski definition) is 0. The summed E-state index contributed by atoms with van der Waals surface area (Å²) in [4.78, 5) is 37.8. The largest absolute Gasteiger partial charge is 0.462 e. The zero-order valence-electron chi connectivity index (χ0n) is 39.0. The minimum absolute atomic E-state index is 0.0646. The lowest BCUT2D eigenvalue weighted by molar-refractivity contribution is -0.167. The summed E-state index contributed by atoms with van der Waals surface area (Å²) in [5.74, 6) is 0.803. The van der Waals surface area contributed by atoms with Gasteiger partial charge in [0.2, 0.25) is 0 Å². The third-order valence-corrected chi connectivity index (χ3v) is 11.8. The molecular formula is C51H98O6. The highest BCUT2D eigenvalue weighted by atomic mass is 16.6. The van der Waals surface area contributed by atoms with Gasteiger partial charge in [-0.2, -0.15) is 0 Å². The molecule has 6 heteroatoms. The lowest BCUT2D eigenvalue weighted by Gasteiger charge is -2.18. The van der Waals surface area contributed by atoms with Crippen LogP contribution in [0.15, 0.2) is 0 Å². The van der Waals surface area contributed by atoms with Crippen molar-refractivity contribution in [1.29, 1.82) is 0 Å². The molecule has 0 heterocycles. The maximum Gasteiger partial charge on any atom is 0.306 e. The Morgan fingerprint density at radius 1 is 0.368 bits per heavy atom. The van der Waals surface area contributed by atoms with Crippen LogP contribution in [0.1, 0.15) is 279 Å². The maximum absolute atomic E-state index is 12.8. The minimum atomic E-state index is -0.761. The number of hydrogen-bond acceptors (Lipinski definition) is 6. The lowest BCUT2D eigenvalue weighted by Crippen LogP contribution is -2.30. The number of ether oxygens (including phenoxy) is 3. The van der Waals surface area contributed by atoms with Crippen molar-refractivity contribution in [2.75, 3.05) is 13.2 Å². The fourth-order valence-electron chi connectivity index (χ4n) is 7.60. The Morgan fingerprint density at radius 2 is 0.667 bits per heavy atom. The first kappa shape index (κ1) is 55.4. The van der Waals surface area contributed by atoms with Crippen molar-refractivity contribution in [3.63, 3.8) is 0 Å². The van der Waals surface area contributed by atoms with E-state index in [0.29, 0.717) is 19.3 Å². The summed E-state index contributed by atoms with van der Waals surface area (Å²) in [6.45, 7) is 11.3. The first-order valence-electron chi connectivity index (χ1n) is 25.3. The smallest absolute Gasteiger partial charge is 0.306 e. The molecule has 6 nitrogen and oxygen atoms in total. The van der Waals surface area contributed by atoms with E-state index in [1.165, 1.54) is 167 Å². The summed E-state index contributed by atoms with van der Waals surface area (Å²) in [6.07, 6.45) is 43.8. The molecule has 0 aliphatic heterocycles. The Hall–Kier alpha value is -1.59. The molecule has 0 spiro atoms. The van der Waals surface area contributed by atoms with Crippen molar-refractivity contribution < 1.29 is 28.6 Å². The van der Waals surface area contributed by atoms with Gasteiger partial charge in [0.05, 0.1) is 0 Å². The van der Waals surface area contributed by atoms with Crippen LogP contribution >= 0.6 is 0 Å². The Bertz CT molecular complexity index is 872. The second kappa shape index (κ2) is 44.0. The first-order chi connectivity index (χ1) is 27.8. The normalized spacial score (nSPS) is 12.5. The summed E-state index contributed by atoms with van der Waals surface area (Å²) in [6, 6.07) is 0. The number of unbranched alkanes of at least 4 members (excludes halogenated alkanes) is 29. The summed E-state index contributed by atoms with van der Waals surface area (Å²) in [5.41, 5.74) is 0. The van der Waals surface area contributed by atoms with Crippen LogP contribution in [0.4, 0.5) is 0 Å². The van der Waals surface area contributed by atoms with Gasteiger partial charge < -0.3 is 14.2 Å². The van der Waals surface area contributed by atoms with E-state index in [9.17, 15) is 14.4 Å². The van der Waals surface area contributed by atoms with E-state index >= 15 is 0 Å². The number of rotatable bonds is 45. The van der Waals surface area contributed by atoms with Crippen LogP contribution in [0.3, 0.4) is 0 Å². The third kappa shape index (κ3) is 43.8. The topological polar surface area (TPSA) is 78.9 Å². The second-order valence-electron chi connectivity index (χ2n) is 18.2. The van der Waals surface area contributed by atoms with Crippen molar-refractivity contribution in [3.05, 3.63) is 0 Å². The average molecular weight is 807 g/mol. The Kier molecular flexibility index (Phi) is 42.7. The van der Waals surface area contributed by atoms with Gasteiger partial charge in [-0.05, 0) is 31.1 Å². The molecule has 0 N–H and O–H groups in total. The van der Waals surface area contributed by atoms with E-state index in [4.69, 9.17) is 14.2 Å². The van der Waals surface area contributed by atoms with Crippen molar-refractivity contribution in [3.8, 4) is 0 Å². The molecule has 0 rings (SSSR count). The van der Waals surface area contributed by atoms with Gasteiger partial charge >= 0.3 is 17.9 Å². The van der Waals surface area contributed by atoms with Crippen molar-refractivity contribution in [2.24, 2.45) is 11.8 Å². The lowest BCUT2D eigenvalue weighted by atomic mass is 9.99. The first-order valence-corrected chi connectivity index (χ1v) is 25.3. The van der Waals surface area contributed by atoms with E-state index in [1.807, 2.05) is 0 Å². The van der Waals surface area contributed by atoms with Gasteiger partial charge in [0.25, 0.3) is 0 Å². The van der Waals surface area contributed by atoms with Crippen molar-refractivity contribution >= 4 is 17.9 Å². The molecule has 0 aromatic rings. The molecule has 0 bridgehead atoms. The third-order valence-electron chi connectivity index (χ3n) is 11.8. The van der Waals surface area contributed by atoms with Crippen LogP contribution in [0.5, 0.6) is 0 Å². The van der Waals surface area contributed by atoms with E-state index in [2.05, 4.69) is 34.6 Å². The molecule has 0 aromatic heterocycles. The van der Waals surface area contributed by atoms with Gasteiger partial charge in [0.1, 0.15) is 13.2 Å². The van der Waals surface area contributed by atoms with E-state index in [-0.39, 0.29) is 31.1 Å². The standard InChI is InChI=1S/C51H98O6/c1-6-8-9-10-11-12-13-19-22-25-31-36-41-49(52)55-44-48(45-56-50(53)42-37-32-28-27-29-34-39-46(3)4)57-51(54)43-38-33-26-23-20-17-15-14-16-18-21-24-30-35-40-47(5)7-2/h46-48H,6-45H2,1-5H3/t47?,48-/m1/s1. The predicted octanol–water partition coefficient (Wildman–Crippen LogP) is 16.1. The summed E-state index contributed by atoms with van der Waals surface area (Å²) >= 11 is 0. The summed E-state index contributed by atoms with van der Waals surface area (Å²) in [5, 5.41) is 0. The van der Waals surface area contributed by atoms with Crippen LogP contribution in [0.25, 0.3) is 0 Å². The Balaban J connectivity index is 4.26. The molecule has 338 valence electrons. The van der Waals surface area contributed by atoms with Crippen molar-refractivity contribution in [2.45, 2.75) is 285 Å². The Labute approximate surface area is 355 Å². The number of esters is 3. The van der Waals surface area contributed by atoms with Crippen LogP contribution in [-0.2, 0) is 28.6 Å². The molecule has 0 radical (unpaired) electrons. The molecule has 0 amide bonds. The quantitative estimate of drug-likeness (QED) is 0.0346. The zero-order chi connectivity index (χ0) is 41.9. The van der Waals surface area contributed by atoms with Crippen molar-refractivity contribution in [1.82, 2.24) is 0 Å². The molecule has 0 fully saturated rings. The molecule has 0 aromatic carbocycles. The van der Waals surface area contributed by atoms with Crippen LogP contribution in [-0.4, -0.2) is 37.2 Å². The van der Waals surface area contributed by atoms with Gasteiger partial charge in [-0.25, -0.2) is 0 Å². The number of carbonyl (C=O) groups is 3. The molecule has 2 atom stereocenters. The average Bonchev–Trinajstić information content (AvgIpc) is 3.19. The summed E-state index contributed by atoms with van der Waals surface area (Å²) < 4.78 is 16.8. The molecule has 0 saturated heterocycles. The second-order valence-corrected chi connectivity index (χ2v) is 18.2. The van der Waals surface area contributed by atoms with Crippen LogP contribution < -0.4 is 0 Å². The van der Waals surface area contributed by atoms with E-state index in [0.717, 1.165) is 69.6 Å². The molecule has 0 aliphatic carbocycles. The zero-order valence-corrected chi connectivity index (χ0v) is 39.0. The molecule has 0 saturated carbocycles. The summed E-state index contributed by atoms with van der Waals surface area (Å²) in [7, 11) is 0. The molecule has 57 heavy (non-hydrogen) atoms. The predicted molar refractivity (Wildman–Crippen MR) is 243 cm³/mol. The highest BCUT2D eigenvalue weighted by Gasteiger charge is 2.19. The van der Waals surface area contributed by atoms with Gasteiger partial charge in [-0.1, -0.05) is 240 Å². The Morgan fingerprint density at radius 3 is 1.00 bits per heavy atom.